The number of allylic oxidation sites excluding steroid dienone is 6. The van der Waals surface area contributed by atoms with Crippen molar-refractivity contribution in [2.45, 2.75) is 33.6 Å². The first-order valence-electron chi connectivity index (χ1n) is 13.2. The Hall–Kier alpha value is -4.02. The van der Waals surface area contributed by atoms with Crippen LogP contribution in [0.2, 0.25) is 0 Å². The van der Waals surface area contributed by atoms with Crippen molar-refractivity contribution in [2.75, 3.05) is 20.3 Å². The van der Waals surface area contributed by atoms with Crippen molar-refractivity contribution < 1.29 is 9.53 Å². The van der Waals surface area contributed by atoms with Crippen LogP contribution in [-0.4, -0.2) is 31.0 Å². The number of carbonyl (C=O) groups excluding carboxylic acids is 1. The average molecular weight is 507 g/mol. The third-order valence-electron chi connectivity index (χ3n) is 6.31. The topological polar surface area (TPSA) is 51.2 Å². The molecule has 0 unspecified atom stereocenters. The van der Waals surface area contributed by atoms with Crippen molar-refractivity contribution in [3.63, 3.8) is 0 Å². The van der Waals surface area contributed by atoms with E-state index < -0.39 is 0 Å². The lowest BCUT2D eigenvalue weighted by Gasteiger charge is -2.15. The van der Waals surface area contributed by atoms with Crippen LogP contribution in [0.4, 0.5) is 0 Å². The molecule has 1 heterocycles. The van der Waals surface area contributed by atoms with Crippen LogP contribution < -0.4 is 5.32 Å². The van der Waals surface area contributed by atoms with E-state index in [1.165, 1.54) is 0 Å². The summed E-state index contributed by atoms with van der Waals surface area (Å²) in [6.07, 6.45) is 12.2. The van der Waals surface area contributed by atoms with Crippen LogP contribution in [0.1, 0.15) is 44.7 Å². The van der Waals surface area contributed by atoms with Gasteiger partial charge in [0.2, 0.25) is 0 Å². The second-order valence-electron chi connectivity index (χ2n) is 8.78. The van der Waals surface area contributed by atoms with Crippen molar-refractivity contribution in [3.05, 3.63) is 126 Å². The molecule has 4 rings (SSSR count). The maximum absolute atomic E-state index is 13.4. The van der Waals surface area contributed by atoms with E-state index in [9.17, 15) is 4.79 Å². The van der Waals surface area contributed by atoms with Gasteiger partial charge >= 0.3 is 0 Å². The Morgan fingerprint density at radius 1 is 1.05 bits per heavy atom. The quantitative estimate of drug-likeness (QED) is 0.174. The Morgan fingerprint density at radius 2 is 1.84 bits per heavy atom. The van der Waals surface area contributed by atoms with E-state index in [-0.39, 0.29) is 12.4 Å². The Bertz CT molecular complexity index is 1380. The van der Waals surface area contributed by atoms with Gasteiger partial charge in [0.25, 0.3) is 0 Å². The van der Waals surface area contributed by atoms with Crippen LogP contribution in [0.3, 0.4) is 0 Å². The number of pyridine rings is 1. The third kappa shape index (κ3) is 7.50. The zero-order chi connectivity index (χ0) is 27.3. The number of hydrogen-bond donors (Lipinski definition) is 1. The zero-order valence-corrected chi connectivity index (χ0v) is 23.0. The lowest BCUT2D eigenvalue weighted by molar-refractivity contribution is -0.119. The van der Waals surface area contributed by atoms with E-state index in [4.69, 9.17) is 4.74 Å². The van der Waals surface area contributed by atoms with E-state index >= 15 is 0 Å². The summed E-state index contributed by atoms with van der Waals surface area (Å²) in [7, 11) is 1.77. The molecule has 0 saturated heterocycles. The van der Waals surface area contributed by atoms with Crippen LogP contribution in [-0.2, 0) is 9.53 Å². The van der Waals surface area contributed by atoms with Gasteiger partial charge in [-0.15, -0.1) is 0 Å². The summed E-state index contributed by atoms with van der Waals surface area (Å²) in [5.41, 5.74) is 7.20. The summed E-state index contributed by atoms with van der Waals surface area (Å²) in [5, 5.41) is 4.10. The number of carbonyl (C=O) groups is 1. The van der Waals surface area contributed by atoms with Crippen LogP contribution in [0, 0.1) is 0 Å². The molecule has 38 heavy (non-hydrogen) atoms. The van der Waals surface area contributed by atoms with Gasteiger partial charge in [-0.3, -0.25) is 9.78 Å². The fourth-order valence-corrected chi connectivity index (χ4v) is 4.22. The maximum Gasteiger partial charge on any atom is 0.190 e. The smallest absolute Gasteiger partial charge is 0.190 e. The molecule has 2 aromatic carbocycles. The van der Waals surface area contributed by atoms with E-state index in [0.717, 1.165) is 51.6 Å². The normalized spacial score (nSPS) is 13.7. The summed E-state index contributed by atoms with van der Waals surface area (Å²) in [6, 6.07) is 20.4. The first kappa shape index (κ1) is 28.5. The Balaban J connectivity index is 0.00000195. The molecular weight excluding hydrogens is 468 g/mol. The number of fused-ring (bicyclic) bond motifs is 1. The van der Waals surface area contributed by atoms with Crippen molar-refractivity contribution in [1.29, 1.82) is 0 Å². The molecule has 0 radical (unpaired) electrons. The molecule has 4 heteroatoms. The minimum Gasteiger partial charge on any atom is -0.388 e. The SMILES string of the molecule is C=C(NC)/C(=C\C(=C(/C)c1ccccc1)c1ccc2ncccc2c1)C(=O)COCC1=CCCC=C1.CC. The standard InChI is InChI=1S/C32H32N2O2.C2H6/c1-23(26-13-8-5-9-14-26)29(27-16-17-31-28(19-27)15-10-18-34-31)20-30(24(2)33-3)32(35)22-36-21-25-11-6-4-7-12-25;1-2/h5-6,8-20,33H,2,4,7,21-22H2,1,3H3;1-2H3/b29-23-,30-20+;. The monoisotopic (exact) mass is 506 g/mol. The molecule has 1 aliphatic carbocycles. The number of likely N-dealkylation sites (N-methyl/N-ethyl adjacent to an activating group) is 1. The molecule has 1 N–H and O–H groups in total. The number of aromatic nitrogens is 1. The maximum atomic E-state index is 13.4. The van der Waals surface area contributed by atoms with Crippen molar-refractivity contribution in [3.8, 4) is 0 Å². The molecular formula is C34H38N2O2. The van der Waals surface area contributed by atoms with Gasteiger partial charge < -0.3 is 10.1 Å². The number of ketones is 1. The minimum absolute atomic E-state index is 0.0168. The van der Waals surface area contributed by atoms with Crippen LogP contribution in [0.5, 0.6) is 0 Å². The number of rotatable bonds is 10. The number of nitrogens with one attached hydrogen (secondary N) is 1. The predicted molar refractivity (Wildman–Crippen MR) is 161 cm³/mol. The Morgan fingerprint density at radius 3 is 2.55 bits per heavy atom. The van der Waals surface area contributed by atoms with Gasteiger partial charge in [-0.1, -0.05) is 81.1 Å². The van der Waals surface area contributed by atoms with Crippen molar-refractivity contribution in [2.24, 2.45) is 0 Å². The van der Waals surface area contributed by atoms with Crippen LogP contribution >= 0.6 is 0 Å². The number of benzene rings is 2. The summed E-state index contributed by atoms with van der Waals surface area (Å²) in [4.78, 5) is 17.8. The number of Topliss-reactive ketones (excluding diaryl/α,β-unsaturated/α-hetero) is 1. The molecule has 1 aliphatic rings. The van der Waals surface area contributed by atoms with E-state index in [1.54, 1.807) is 13.2 Å². The van der Waals surface area contributed by atoms with Gasteiger partial charge in [0.15, 0.2) is 5.78 Å². The molecule has 3 aromatic rings. The molecule has 4 nitrogen and oxygen atoms in total. The second kappa shape index (κ2) is 14.7. The molecule has 0 spiro atoms. The first-order chi connectivity index (χ1) is 18.6. The Kier molecular flexibility index (Phi) is 11.0. The second-order valence-corrected chi connectivity index (χ2v) is 8.78. The molecule has 0 fully saturated rings. The minimum atomic E-state index is -0.115. The van der Waals surface area contributed by atoms with E-state index in [1.807, 2.05) is 56.3 Å². The first-order valence-corrected chi connectivity index (χ1v) is 13.2. The highest BCUT2D eigenvalue weighted by Gasteiger charge is 2.16. The van der Waals surface area contributed by atoms with Gasteiger partial charge in [0, 0.05) is 29.9 Å². The van der Waals surface area contributed by atoms with Gasteiger partial charge in [-0.05, 0) is 71.9 Å². The summed E-state index contributed by atoms with van der Waals surface area (Å²) in [5.74, 6) is -0.115. The number of ether oxygens (including phenoxy) is 1. The number of hydrogen-bond acceptors (Lipinski definition) is 4. The molecule has 1 aromatic heterocycles. The molecule has 0 saturated carbocycles. The van der Waals surface area contributed by atoms with Gasteiger partial charge in [0.05, 0.1) is 12.1 Å². The van der Waals surface area contributed by atoms with Crippen molar-refractivity contribution in [1.82, 2.24) is 10.3 Å². The summed E-state index contributed by atoms with van der Waals surface area (Å²) in [6.45, 7) is 10.6. The molecule has 196 valence electrons. The zero-order valence-electron chi connectivity index (χ0n) is 23.0. The van der Waals surface area contributed by atoms with Gasteiger partial charge in [-0.2, -0.15) is 0 Å². The fraction of sp³-hybridized carbons (Fsp3) is 0.235. The molecule has 0 bridgehead atoms. The lowest BCUT2D eigenvalue weighted by atomic mass is 9.92. The lowest BCUT2D eigenvalue weighted by Crippen LogP contribution is -2.19. The van der Waals surface area contributed by atoms with Crippen LogP contribution in [0.15, 0.2) is 115 Å². The third-order valence-corrected chi connectivity index (χ3v) is 6.31. The predicted octanol–water partition coefficient (Wildman–Crippen LogP) is 7.71. The Labute approximate surface area is 227 Å². The highest BCUT2D eigenvalue weighted by Crippen LogP contribution is 2.31. The average Bonchev–Trinajstić information content (AvgIpc) is 2.98. The van der Waals surface area contributed by atoms with Gasteiger partial charge in [0.1, 0.15) is 6.61 Å². The molecule has 0 amide bonds. The fourth-order valence-electron chi connectivity index (χ4n) is 4.22. The van der Waals surface area contributed by atoms with Crippen LogP contribution in [0.25, 0.3) is 22.0 Å². The number of nitrogens with zero attached hydrogens (tertiary/aromatic N) is 1. The molecule has 0 atom stereocenters. The summed E-state index contributed by atoms with van der Waals surface area (Å²) >= 11 is 0. The summed E-state index contributed by atoms with van der Waals surface area (Å²) < 4.78 is 5.80. The van der Waals surface area contributed by atoms with Gasteiger partial charge in [-0.25, -0.2) is 0 Å². The highest BCUT2D eigenvalue weighted by atomic mass is 16.5. The molecule has 0 aliphatic heterocycles. The highest BCUT2D eigenvalue weighted by molar-refractivity contribution is 6.06. The van der Waals surface area contributed by atoms with E-state index in [0.29, 0.717) is 17.9 Å². The van der Waals surface area contributed by atoms with Crippen molar-refractivity contribution >= 4 is 27.8 Å². The largest absolute Gasteiger partial charge is 0.388 e. The van der Waals surface area contributed by atoms with E-state index in [2.05, 4.69) is 66.3 Å².